The van der Waals surface area contributed by atoms with Gasteiger partial charge in [0.15, 0.2) is 11.3 Å². The molecule has 0 saturated carbocycles. The Morgan fingerprint density at radius 1 is 1.13 bits per heavy atom. The third-order valence-corrected chi connectivity index (χ3v) is 5.48. The molecule has 162 valence electrons. The number of nitrogens with one attached hydrogen (secondary N) is 1. The molecular formula is C23H31N3O3S. The van der Waals surface area contributed by atoms with Gasteiger partial charge in [0, 0.05) is 17.8 Å². The van der Waals surface area contributed by atoms with Gasteiger partial charge in [-0.2, -0.15) is 0 Å². The van der Waals surface area contributed by atoms with Crippen molar-refractivity contribution >= 4 is 23.6 Å². The van der Waals surface area contributed by atoms with Crippen molar-refractivity contribution in [2.24, 2.45) is 0 Å². The van der Waals surface area contributed by atoms with Crippen LogP contribution in [0.3, 0.4) is 0 Å². The van der Waals surface area contributed by atoms with Crippen molar-refractivity contribution in [1.29, 1.82) is 0 Å². The minimum Gasteiger partial charge on any atom is -0.453 e. The number of hydrogen-bond acceptors (Lipinski definition) is 6. The van der Waals surface area contributed by atoms with E-state index in [0.717, 1.165) is 40.5 Å². The zero-order valence-electron chi connectivity index (χ0n) is 18.4. The van der Waals surface area contributed by atoms with Crippen molar-refractivity contribution in [3.63, 3.8) is 0 Å². The summed E-state index contributed by atoms with van der Waals surface area (Å²) in [6, 6.07) is 9.74. The van der Waals surface area contributed by atoms with Crippen LogP contribution in [0.2, 0.25) is 0 Å². The Morgan fingerprint density at radius 3 is 2.33 bits per heavy atom. The molecule has 0 bridgehead atoms. The topological polar surface area (TPSA) is 81.2 Å². The number of carbonyl (C=O) groups is 2. The molecule has 1 aromatic heterocycles. The fourth-order valence-electron chi connectivity index (χ4n) is 3.28. The van der Waals surface area contributed by atoms with Crippen LogP contribution in [0.15, 0.2) is 35.5 Å². The fourth-order valence-corrected chi connectivity index (χ4v) is 3.74. The molecule has 7 heteroatoms. The number of ether oxygens (including phenoxy) is 1. The molecule has 2 atom stereocenters. The van der Waals surface area contributed by atoms with Crippen LogP contribution in [-0.2, 0) is 20.7 Å². The van der Waals surface area contributed by atoms with Gasteiger partial charge in [0.1, 0.15) is 0 Å². The quantitative estimate of drug-likeness (QED) is 0.344. The Kier molecular flexibility index (Phi) is 9.30. The highest BCUT2D eigenvalue weighted by atomic mass is 32.2. The number of nitrogens with zero attached hydrogens (tertiary/aromatic N) is 2. The van der Waals surface area contributed by atoms with Gasteiger partial charge in [-0.3, -0.25) is 9.59 Å². The molecule has 0 aliphatic heterocycles. The highest BCUT2D eigenvalue weighted by molar-refractivity contribution is 7.98. The molecule has 0 fully saturated rings. The fraction of sp³-hybridized carbons (Fsp3) is 0.478. The van der Waals surface area contributed by atoms with Crippen LogP contribution in [0.5, 0.6) is 0 Å². The van der Waals surface area contributed by atoms with Crippen LogP contribution in [0.1, 0.15) is 61.7 Å². The number of hydrogen-bond donors (Lipinski definition) is 1. The Morgan fingerprint density at radius 2 is 1.77 bits per heavy atom. The van der Waals surface area contributed by atoms with Crippen molar-refractivity contribution in [1.82, 2.24) is 15.3 Å². The number of benzene rings is 1. The van der Waals surface area contributed by atoms with Crippen molar-refractivity contribution < 1.29 is 14.3 Å². The average molecular weight is 430 g/mol. The van der Waals surface area contributed by atoms with Crippen LogP contribution < -0.4 is 5.32 Å². The monoisotopic (exact) mass is 429 g/mol. The lowest BCUT2D eigenvalue weighted by atomic mass is 10.0. The van der Waals surface area contributed by atoms with E-state index in [1.54, 1.807) is 6.92 Å². The highest BCUT2D eigenvalue weighted by Crippen LogP contribution is 2.19. The maximum absolute atomic E-state index is 12.6. The van der Waals surface area contributed by atoms with E-state index in [1.807, 2.05) is 50.4 Å². The Labute approximate surface area is 183 Å². The third-order valence-electron chi connectivity index (χ3n) is 4.94. The SMILES string of the molecule is CCC[C@H](NC(=O)[C@H](C)OC(=O)CCc1c(C)nc(SC)nc1C)c1ccccc1. The maximum Gasteiger partial charge on any atom is 0.306 e. The smallest absolute Gasteiger partial charge is 0.306 e. The summed E-state index contributed by atoms with van der Waals surface area (Å²) in [5.41, 5.74) is 3.74. The zero-order chi connectivity index (χ0) is 22.1. The number of esters is 1. The predicted molar refractivity (Wildman–Crippen MR) is 119 cm³/mol. The molecule has 0 saturated heterocycles. The molecule has 0 aliphatic rings. The van der Waals surface area contributed by atoms with Gasteiger partial charge in [0.25, 0.3) is 5.91 Å². The first kappa shape index (κ1) is 23.9. The van der Waals surface area contributed by atoms with Gasteiger partial charge < -0.3 is 10.1 Å². The normalized spacial score (nSPS) is 12.8. The van der Waals surface area contributed by atoms with Crippen LogP contribution in [0, 0.1) is 13.8 Å². The van der Waals surface area contributed by atoms with E-state index in [1.165, 1.54) is 11.8 Å². The molecule has 30 heavy (non-hydrogen) atoms. The minimum absolute atomic E-state index is 0.0951. The Balaban J connectivity index is 1.91. The molecule has 0 unspecified atom stereocenters. The van der Waals surface area contributed by atoms with Gasteiger partial charge in [-0.1, -0.05) is 55.4 Å². The first-order chi connectivity index (χ1) is 14.3. The summed E-state index contributed by atoms with van der Waals surface area (Å²) in [5, 5.41) is 3.73. The van der Waals surface area contributed by atoms with Gasteiger partial charge in [0.2, 0.25) is 0 Å². The highest BCUT2D eigenvalue weighted by Gasteiger charge is 2.22. The summed E-state index contributed by atoms with van der Waals surface area (Å²) in [7, 11) is 0. The Hall–Kier alpha value is -2.41. The molecule has 1 amide bonds. The summed E-state index contributed by atoms with van der Waals surface area (Å²) in [6.45, 7) is 7.52. The van der Waals surface area contributed by atoms with Gasteiger partial charge >= 0.3 is 5.97 Å². The number of carbonyl (C=O) groups excluding carboxylic acids is 2. The maximum atomic E-state index is 12.6. The summed E-state index contributed by atoms with van der Waals surface area (Å²) >= 11 is 1.49. The summed E-state index contributed by atoms with van der Waals surface area (Å²) < 4.78 is 5.38. The number of rotatable bonds is 10. The molecule has 1 aromatic carbocycles. The Bertz CT molecular complexity index is 835. The van der Waals surface area contributed by atoms with Crippen LogP contribution in [-0.4, -0.2) is 34.2 Å². The molecule has 0 radical (unpaired) electrons. The second kappa shape index (κ2) is 11.7. The first-order valence-electron chi connectivity index (χ1n) is 10.3. The third kappa shape index (κ3) is 6.83. The standard InChI is InChI=1S/C23H31N3O3S/c1-6-10-20(18-11-8-7-9-12-18)26-22(28)17(4)29-21(27)14-13-19-15(2)24-23(30-5)25-16(19)3/h7-9,11-12,17,20H,6,10,13-14H2,1-5H3,(H,26,28)/t17-,20-/m0/s1. The predicted octanol–water partition coefficient (Wildman–Crippen LogP) is 4.34. The van der Waals surface area contributed by atoms with Crippen molar-refractivity contribution in [2.75, 3.05) is 6.26 Å². The second-order valence-corrected chi connectivity index (χ2v) is 8.03. The van der Waals surface area contributed by atoms with Crippen LogP contribution in [0.4, 0.5) is 0 Å². The summed E-state index contributed by atoms with van der Waals surface area (Å²) in [6.07, 6.45) is 3.50. The molecule has 0 spiro atoms. The lowest BCUT2D eigenvalue weighted by molar-refractivity contribution is -0.155. The van der Waals surface area contributed by atoms with Crippen LogP contribution >= 0.6 is 11.8 Å². The number of aryl methyl sites for hydroxylation is 2. The molecular weight excluding hydrogens is 398 g/mol. The average Bonchev–Trinajstić information content (AvgIpc) is 2.73. The number of aromatic nitrogens is 2. The van der Waals surface area contributed by atoms with E-state index in [-0.39, 0.29) is 18.4 Å². The lowest BCUT2D eigenvalue weighted by Crippen LogP contribution is -2.38. The van der Waals surface area contributed by atoms with E-state index >= 15 is 0 Å². The molecule has 0 aliphatic carbocycles. The van der Waals surface area contributed by atoms with Gasteiger partial charge in [-0.25, -0.2) is 9.97 Å². The van der Waals surface area contributed by atoms with E-state index in [2.05, 4.69) is 22.2 Å². The van der Waals surface area contributed by atoms with E-state index < -0.39 is 12.1 Å². The zero-order valence-corrected chi connectivity index (χ0v) is 19.2. The van der Waals surface area contributed by atoms with Crippen LogP contribution in [0.25, 0.3) is 0 Å². The van der Waals surface area contributed by atoms with E-state index in [4.69, 9.17) is 4.74 Å². The molecule has 1 heterocycles. The molecule has 2 aromatic rings. The van der Waals surface area contributed by atoms with Gasteiger partial charge in [0.05, 0.1) is 6.04 Å². The molecule has 1 N–H and O–H groups in total. The minimum atomic E-state index is -0.849. The van der Waals surface area contributed by atoms with Crippen molar-refractivity contribution in [2.45, 2.75) is 70.7 Å². The summed E-state index contributed by atoms with van der Waals surface area (Å²) in [4.78, 5) is 33.8. The number of amides is 1. The first-order valence-corrected chi connectivity index (χ1v) is 11.5. The van der Waals surface area contributed by atoms with E-state index in [9.17, 15) is 9.59 Å². The molecule has 2 rings (SSSR count). The molecule has 6 nitrogen and oxygen atoms in total. The largest absolute Gasteiger partial charge is 0.453 e. The van der Waals surface area contributed by atoms with Crippen molar-refractivity contribution in [3.8, 4) is 0 Å². The van der Waals surface area contributed by atoms with E-state index in [0.29, 0.717) is 6.42 Å². The summed E-state index contributed by atoms with van der Waals surface area (Å²) in [5.74, 6) is -0.692. The second-order valence-electron chi connectivity index (χ2n) is 7.25. The van der Waals surface area contributed by atoms with Gasteiger partial charge in [-0.05, 0) is 51.0 Å². The lowest BCUT2D eigenvalue weighted by Gasteiger charge is -2.21. The van der Waals surface area contributed by atoms with Gasteiger partial charge in [-0.15, -0.1) is 0 Å². The number of thioether (sulfide) groups is 1. The van der Waals surface area contributed by atoms with Crippen molar-refractivity contribution in [3.05, 3.63) is 52.8 Å².